The van der Waals surface area contributed by atoms with Crippen LogP contribution in [-0.2, 0) is 16.0 Å². The molecule has 0 aromatic heterocycles. The Morgan fingerprint density at radius 2 is 2.06 bits per heavy atom. The first-order valence-electron chi connectivity index (χ1n) is 4.31. The summed E-state index contributed by atoms with van der Waals surface area (Å²) in [6.07, 6.45) is -0.187. The van der Waals surface area contributed by atoms with E-state index in [1.807, 2.05) is 0 Å². The van der Waals surface area contributed by atoms with Gasteiger partial charge in [-0.1, -0.05) is 15.9 Å². The molecule has 1 aromatic rings. The predicted octanol–water partition coefficient (Wildman–Crippen LogP) is 2.58. The summed E-state index contributed by atoms with van der Waals surface area (Å²) in [5, 5.41) is 0. The van der Waals surface area contributed by atoms with E-state index in [2.05, 4.69) is 20.7 Å². The number of halogens is 4. The van der Waals surface area contributed by atoms with Crippen molar-refractivity contribution in [3.05, 3.63) is 35.1 Å². The molecule has 16 heavy (non-hydrogen) atoms. The van der Waals surface area contributed by atoms with Crippen molar-refractivity contribution in [2.24, 2.45) is 0 Å². The number of benzene rings is 1. The number of carbonyl (C=O) groups is 1. The van der Waals surface area contributed by atoms with Gasteiger partial charge in [-0.05, 0) is 18.1 Å². The van der Waals surface area contributed by atoms with Crippen LogP contribution in [0.1, 0.15) is 5.56 Å². The van der Waals surface area contributed by atoms with Crippen LogP contribution in [0.3, 0.4) is 0 Å². The van der Waals surface area contributed by atoms with E-state index in [0.29, 0.717) is 6.07 Å². The monoisotopic (exact) mass is 296 g/mol. The lowest BCUT2D eigenvalue weighted by atomic mass is 10.1. The zero-order valence-corrected chi connectivity index (χ0v) is 9.85. The highest BCUT2D eigenvalue weighted by Gasteiger charge is 2.20. The van der Waals surface area contributed by atoms with Gasteiger partial charge < -0.3 is 4.74 Å². The number of alkyl halides is 1. The van der Waals surface area contributed by atoms with E-state index in [9.17, 15) is 18.0 Å². The molecule has 0 amide bonds. The molecule has 1 unspecified atom stereocenters. The maximum Gasteiger partial charge on any atom is 0.319 e. The molecule has 0 bridgehead atoms. The maximum absolute atomic E-state index is 13.2. The second kappa shape index (κ2) is 5.34. The largest absolute Gasteiger partial charge is 0.468 e. The summed E-state index contributed by atoms with van der Waals surface area (Å²) in [6, 6.07) is 1.29. The summed E-state index contributed by atoms with van der Waals surface area (Å²) in [6.45, 7) is 0. The molecule has 2 nitrogen and oxygen atoms in total. The van der Waals surface area contributed by atoms with Crippen molar-refractivity contribution < 1.29 is 22.7 Å². The van der Waals surface area contributed by atoms with Crippen molar-refractivity contribution in [2.75, 3.05) is 7.11 Å². The average Bonchev–Trinajstić information content (AvgIpc) is 2.23. The van der Waals surface area contributed by atoms with Crippen LogP contribution in [0.4, 0.5) is 13.2 Å². The number of ether oxygens (including phenoxy) is 1. The Bertz CT molecular complexity index is 409. The standard InChI is InChI=1S/C10H8BrF3O2/c1-16-10(15)7(11)3-5-2-6(12)4-8(13)9(5)14/h2,4,7H,3H2,1H3. The van der Waals surface area contributed by atoms with Gasteiger partial charge in [-0.15, -0.1) is 0 Å². The molecule has 1 aromatic carbocycles. The SMILES string of the molecule is COC(=O)C(Br)Cc1cc(F)cc(F)c1F. The summed E-state index contributed by atoms with van der Waals surface area (Å²) in [4.78, 5) is 10.2. The first-order chi connectivity index (χ1) is 7.45. The van der Waals surface area contributed by atoms with Crippen molar-refractivity contribution in [3.63, 3.8) is 0 Å². The molecule has 0 spiro atoms. The third-order valence-corrected chi connectivity index (χ3v) is 2.62. The van der Waals surface area contributed by atoms with E-state index >= 15 is 0 Å². The minimum atomic E-state index is -1.28. The van der Waals surface area contributed by atoms with Gasteiger partial charge in [-0.25, -0.2) is 13.2 Å². The minimum absolute atomic E-state index is 0.187. The van der Waals surface area contributed by atoms with Crippen LogP contribution in [0, 0.1) is 17.5 Å². The topological polar surface area (TPSA) is 26.3 Å². The van der Waals surface area contributed by atoms with Crippen LogP contribution in [0.5, 0.6) is 0 Å². The first-order valence-corrected chi connectivity index (χ1v) is 5.22. The molecule has 0 aliphatic heterocycles. The third kappa shape index (κ3) is 2.98. The molecule has 0 N–H and O–H groups in total. The molecule has 0 fully saturated rings. The lowest BCUT2D eigenvalue weighted by Crippen LogP contribution is -2.19. The Labute approximate surface area is 98.5 Å². The molecule has 1 atom stereocenters. The molecular weight excluding hydrogens is 289 g/mol. The minimum Gasteiger partial charge on any atom is -0.468 e. The first kappa shape index (κ1) is 13.0. The quantitative estimate of drug-likeness (QED) is 0.487. The molecule has 0 heterocycles. The fourth-order valence-corrected chi connectivity index (χ4v) is 1.70. The van der Waals surface area contributed by atoms with Crippen LogP contribution in [0.15, 0.2) is 12.1 Å². The maximum atomic E-state index is 13.2. The van der Waals surface area contributed by atoms with Crippen LogP contribution >= 0.6 is 15.9 Å². The van der Waals surface area contributed by atoms with E-state index in [0.717, 1.165) is 6.07 Å². The highest BCUT2D eigenvalue weighted by Crippen LogP contribution is 2.18. The fraction of sp³-hybridized carbons (Fsp3) is 0.300. The Morgan fingerprint density at radius 3 is 2.62 bits per heavy atom. The van der Waals surface area contributed by atoms with Crippen LogP contribution in [0.2, 0.25) is 0 Å². The van der Waals surface area contributed by atoms with Crippen molar-refractivity contribution in [2.45, 2.75) is 11.2 Å². The molecule has 6 heteroatoms. The van der Waals surface area contributed by atoms with Gasteiger partial charge in [0.2, 0.25) is 0 Å². The zero-order chi connectivity index (χ0) is 12.3. The van der Waals surface area contributed by atoms with Gasteiger partial charge in [0.05, 0.1) is 7.11 Å². The van der Waals surface area contributed by atoms with Crippen molar-refractivity contribution >= 4 is 21.9 Å². The highest BCUT2D eigenvalue weighted by molar-refractivity contribution is 9.10. The third-order valence-electron chi connectivity index (χ3n) is 1.92. The summed E-state index contributed by atoms with van der Waals surface area (Å²) >= 11 is 2.94. The van der Waals surface area contributed by atoms with E-state index in [1.54, 1.807) is 0 Å². The smallest absolute Gasteiger partial charge is 0.319 e. The molecule has 1 rings (SSSR count). The van der Waals surface area contributed by atoms with Gasteiger partial charge >= 0.3 is 5.97 Å². The Kier molecular flexibility index (Phi) is 4.35. The summed E-state index contributed by atoms with van der Waals surface area (Å²) in [5.74, 6) is -3.96. The van der Waals surface area contributed by atoms with Gasteiger partial charge in [0.25, 0.3) is 0 Å². The van der Waals surface area contributed by atoms with Gasteiger partial charge in [-0.2, -0.15) is 0 Å². The Balaban J connectivity index is 2.93. The van der Waals surface area contributed by atoms with Crippen LogP contribution in [0.25, 0.3) is 0 Å². The van der Waals surface area contributed by atoms with Gasteiger partial charge in [-0.3, -0.25) is 4.79 Å². The number of hydrogen-bond donors (Lipinski definition) is 0. The van der Waals surface area contributed by atoms with Gasteiger partial charge in [0, 0.05) is 6.07 Å². The van der Waals surface area contributed by atoms with Crippen molar-refractivity contribution in [1.29, 1.82) is 0 Å². The van der Waals surface area contributed by atoms with Crippen LogP contribution < -0.4 is 0 Å². The Morgan fingerprint density at radius 1 is 1.44 bits per heavy atom. The lowest BCUT2D eigenvalue weighted by Gasteiger charge is -2.08. The van der Waals surface area contributed by atoms with E-state index in [1.165, 1.54) is 7.11 Å². The number of rotatable bonds is 3. The molecule has 0 radical (unpaired) electrons. The number of carbonyl (C=O) groups excluding carboxylic acids is 1. The normalized spacial score (nSPS) is 12.3. The molecule has 88 valence electrons. The van der Waals surface area contributed by atoms with Crippen LogP contribution in [-0.4, -0.2) is 17.9 Å². The highest BCUT2D eigenvalue weighted by atomic mass is 79.9. The Hall–Kier alpha value is -1.04. The predicted molar refractivity (Wildman–Crippen MR) is 54.8 cm³/mol. The fourth-order valence-electron chi connectivity index (χ4n) is 1.16. The summed E-state index contributed by atoms with van der Waals surface area (Å²) in [7, 11) is 1.17. The molecule has 0 saturated heterocycles. The molecule has 0 aliphatic rings. The van der Waals surface area contributed by atoms with E-state index in [4.69, 9.17) is 0 Å². The van der Waals surface area contributed by atoms with E-state index in [-0.39, 0.29) is 12.0 Å². The number of hydrogen-bond acceptors (Lipinski definition) is 2. The van der Waals surface area contributed by atoms with Gasteiger partial charge in [0.15, 0.2) is 11.6 Å². The molecule has 0 aliphatic carbocycles. The molecular formula is C10H8BrF3O2. The van der Waals surface area contributed by atoms with Gasteiger partial charge in [0.1, 0.15) is 10.6 Å². The zero-order valence-electron chi connectivity index (χ0n) is 8.27. The second-order valence-electron chi connectivity index (χ2n) is 3.06. The van der Waals surface area contributed by atoms with E-state index < -0.39 is 28.2 Å². The summed E-state index contributed by atoms with van der Waals surface area (Å²) < 4.78 is 43.2. The second-order valence-corrected chi connectivity index (χ2v) is 4.16. The molecule has 0 saturated carbocycles. The lowest BCUT2D eigenvalue weighted by molar-refractivity contribution is -0.139. The number of methoxy groups -OCH3 is 1. The summed E-state index contributed by atoms with van der Waals surface area (Å²) in [5.41, 5.74) is -0.218. The average molecular weight is 297 g/mol. The van der Waals surface area contributed by atoms with Crippen molar-refractivity contribution in [3.8, 4) is 0 Å². The van der Waals surface area contributed by atoms with Crippen molar-refractivity contribution in [1.82, 2.24) is 0 Å². The number of esters is 1.